The Morgan fingerprint density at radius 3 is 2.60 bits per heavy atom. The number of rotatable bonds is 7. The highest BCUT2D eigenvalue weighted by Crippen LogP contribution is 2.17. The highest BCUT2D eigenvalue weighted by Gasteiger charge is 2.15. The van der Waals surface area contributed by atoms with Crippen molar-refractivity contribution in [2.45, 2.75) is 27.2 Å². The Morgan fingerprint density at radius 2 is 2.00 bits per heavy atom. The van der Waals surface area contributed by atoms with Gasteiger partial charge in [0.25, 0.3) is 0 Å². The van der Waals surface area contributed by atoms with Gasteiger partial charge in [0.2, 0.25) is 0 Å². The Labute approximate surface area is 119 Å². The van der Waals surface area contributed by atoms with E-state index in [2.05, 4.69) is 0 Å². The monoisotopic (exact) mass is 276 g/mol. The molecule has 0 saturated carbocycles. The van der Waals surface area contributed by atoms with Crippen molar-refractivity contribution >= 4 is 17.8 Å². The minimum absolute atomic E-state index is 0.0412. The fourth-order valence-electron chi connectivity index (χ4n) is 1.59. The van der Waals surface area contributed by atoms with Crippen LogP contribution in [0.25, 0.3) is 6.08 Å². The van der Waals surface area contributed by atoms with Gasteiger partial charge in [-0.05, 0) is 44.0 Å². The first kappa shape index (κ1) is 16.0. The van der Waals surface area contributed by atoms with Gasteiger partial charge in [-0.1, -0.05) is 19.1 Å². The first-order valence-corrected chi connectivity index (χ1v) is 6.71. The van der Waals surface area contributed by atoms with Crippen LogP contribution in [-0.4, -0.2) is 25.0 Å². The van der Waals surface area contributed by atoms with Crippen molar-refractivity contribution in [2.75, 3.05) is 13.2 Å². The number of hydrogen-bond acceptors (Lipinski definition) is 4. The standard InChI is InChI=1S/C16H20O4/c1-4-9-20-14-8-6-7-13(10-14)11-15(12(3)17)16(18)19-5-2/h6-8,10-11H,4-5,9H2,1-3H3/b15-11+. The van der Waals surface area contributed by atoms with Crippen molar-refractivity contribution in [2.24, 2.45) is 0 Å². The van der Waals surface area contributed by atoms with Gasteiger partial charge in [0.15, 0.2) is 5.78 Å². The summed E-state index contributed by atoms with van der Waals surface area (Å²) in [4.78, 5) is 23.2. The number of ketones is 1. The molecule has 0 radical (unpaired) electrons. The molecule has 0 aliphatic rings. The van der Waals surface area contributed by atoms with Crippen LogP contribution in [0.2, 0.25) is 0 Å². The lowest BCUT2D eigenvalue weighted by molar-refractivity contribution is -0.139. The average molecular weight is 276 g/mol. The van der Waals surface area contributed by atoms with Crippen molar-refractivity contribution in [3.05, 3.63) is 35.4 Å². The van der Waals surface area contributed by atoms with Crippen LogP contribution in [0.4, 0.5) is 0 Å². The van der Waals surface area contributed by atoms with Gasteiger partial charge >= 0.3 is 5.97 Å². The van der Waals surface area contributed by atoms with Crippen molar-refractivity contribution in [1.29, 1.82) is 0 Å². The van der Waals surface area contributed by atoms with E-state index >= 15 is 0 Å². The molecule has 0 aliphatic carbocycles. The van der Waals surface area contributed by atoms with E-state index in [4.69, 9.17) is 9.47 Å². The van der Waals surface area contributed by atoms with Gasteiger partial charge in [0.1, 0.15) is 11.3 Å². The molecule has 4 heteroatoms. The van der Waals surface area contributed by atoms with Crippen molar-refractivity contribution in [1.82, 2.24) is 0 Å². The van der Waals surface area contributed by atoms with E-state index in [1.807, 2.05) is 19.1 Å². The smallest absolute Gasteiger partial charge is 0.341 e. The Bertz CT molecular complexity index is 503. The van der Waals surface area contributed by atoms with E-state index in [-0.39, 0.29) is 18.0 Å². The maximum absolute atomic E-state index is 11.7. The van der Waals surface area contributed by atoms with Gasteiger partial charge in [-0.15, -0.1) is 0 Å². The summed E-state index contributed by atoms with van der Waals surface area (Å²) in [5, 5.41) is 0. The summed E-state index contributed by atoms with van der Waals surface area (Å²) >= 11 is 0. The van der Waals surface area contributed by atoms with Gasteiger partial charge in [-0.25, -0.2) is 4.79 Å². The number of Topliss-reactive ketones (excluding diaryl/α,β-unsaturated/α-hetero) is 1. The van der Waals surface area contributed by atoms with Crippen LogP contribution < -0.4 is 4.74 Å². The molecule has 0 spiro atoms. The fraction of sp³-hybridized carbons (Fsp3) is 0.375. The summed E-state index contributed by atoms with van der Waals surface area (Å²) in [6.07, 6.45) is 2.45. The molecule has 0 aromatic heterocycles. The number of carbonyl (C=O) groups is 2. The molecular formula is C16H20O4. The summed E-state index contributed by atoms with van der Waals surface area (Å²) in [5.41, 5.74) is 0.774. The third-order valence-electron chi connectivity index (χ3n) is 2.52. The molecule has 1 aromatic rings. The molecule has 20 heavy (non-hydrogen) atoms. The largest absolute Gasteiger partial charge is 0.494 e. The molecule has 1 rings (SSSR count). The second-order valence-electron chi connectivity index (χ2n) is 4.26. The third kappa shape index (κ3) is 4.88. The number of benzene rings is 1. The molecular weight excluding hydrogens is 256 g/mol. The van der Waals surface area contributed by atoms with Crippen LogP contribution in [0, 0.1) is 0 Å². The van der Waals surface area contributed by atoms with Crippen LogP contribution >= 0.6 is 0 Å². The molecule has 0 heterocycles. The second kappa shape index (κ2) is 8.15. The molecule has 1 aromatic carbocycles. The molecule has 0 N–H and O–H groups in total. The van der Waals surface area contributed by atoms with Gasteiger partial charge in [-0.2, -0.15) is 0 Å². The van der Waals surface area contributed by atoms with Crippen LogP contribution in [0.5, 0.6) is 5.75 Å². The second-order valence-corrected chi connectivity index (χ2v) is 4.26. The summed E-state index contributed by atoms with van der Waals surface area (Å²) in [6, 6.07) is 7.25. The number of hydrogen-bond donors (Lipinski definition) is 0. The topological polar surface area (TPSA) is 52.6 Å². The highest BCUT2D eigenvalue weighted by atomic mass is 16.5. The molecule has 0 atom stereocenters. The molecule has 0 fully saturated rings. The Hall–Kier alpha value is -2.10. The molecule has 108 valence electrons. The lowest BCUT2D eigenvalue weighted by atomic mass is 10.1. The fourth-order valence-corrected chi connectivity index (χ4v) is 1.59. The predicted molar refractivity (Wildman–Crippen MR) is 77.5 cm³/mol. The van der Waals surface area contributed by atoms with Crippen molar-refractivity contribution in [3.63, 3.8) is 0 Å². The van der Waals surface area contributed by atoms with E-state index in [0.29, 0.717) is 12.4 Å². The summed E-state index contributed by atoms with van der Waals surface area (Å²) < 4.78 is 10.4. The van der Waals surface area contributed by atoms with E-state index in [1.165, 1.54) is 13.0 Å². The average Bonchev–Trinajstić information content (AvgIpc) is 2.43. The lowest BCUT2D eigenvalue weighted by Gasteiger charge is -2.06. The normalized spacial score (nSPS) is 11.1. The van der Waals surface area contributed by atoms with Gasteiger partial charge in [0.05, 0.1) is 13.2 Å². The minimum atomic E-state index is -0.597. The van der Waals surface area contributed by atoms with Gasteiger partial charge < -0.3 is 9.47 Å². The van der Waals surface area contributed by atoms with E-state index < -0.39 is 5.97 Å². The molecule has 0 bridgehead atoms. The number of esters is 1. The minimum Gasteiger partial charge on any atom is -0.494 e. The van der Waals surface area contributed by atoms with Gasteiger partial charge in [-0.3, -0.25) is 4.79 Å². The van der Waals surface area contributed by atoms with E-state index in [9.17, 15) is 9.59 Å². The summed E-state index contributed by atoms with van der Waals surface area (Å²) in [6.45, 7) is 5.95. The summed E-state index contributed by atoms with van der Waals surface area (Å²) in [7, 11) is 0. The van der Waals surface area contributed by atoms with Crippen molar-refractivity contribution in [3.8, 4) is 5.75 Å². The quantitative estimate of drug-likeness (QED) is 0.332. The SMILES string of the molecule is CCCOc1cccc(/C=C(\C(C)=O)C(=O)OCC)c1. The van der Waals surface area contributed by atoms with Crippen LogP contribution in [0.1, 0.15) is 32.8 Å². The van der Waals surface area contributed by atoms with Gasteiger partial charge in [0, 0.05) is 0 Å². The lowest BCUT2D eigenvalue weighted by Crippen LogP contribution is -2.13. The Kier molecular flexibility index (Phi) is 6.50. The van der Waals surface area contributed by atoms with Crippen molar-refractivity contribution < 1.29 is 19.1 Å². The van der Waals surface area contributed by atoms with Crippen LogP contribution in [0.3, 0.4) is 0 Å². The molecule has 4 nitrogen and oxygen atoms in total. The Morgan fingerprint density at radius 1 is 1.25 bits per heavy atom. The third-order valence-corrected chi connectivity index (χ3v) is 2.52. The molecule has 0 saturated heterocycles. The zero-order valence-electron chi connectivity index (χ0n) is 12.1. The highest BCUT2D eigenvalue weighted by molar-refractivity contribution is 6.19. The summed E-state index contributed by atoms with van der Waals surface area (Å²) in [5.74, 6) is -0.199. The van der Waals surface area contributed by atoms with E-state index in [1.54, 1.807) is 19.1 Å². The van der Waals surface area contributed by atoms with Crippen LogP contribution in [-0.2, 0) is 14.3 Å². The first-order chi connectivity index (χ1) is 9.58. The maximum atomic E-state index is 11.7. The predicted octanol–water partition coefficient (Wildman–Crippen LogP) is 3.01. The Balaban J connectivity index is 2.99. The zero-order valence-corrected chi connectivity index (χ0v) is 12.1. The zero-order chi connectivity index (χ0) is 15.0. The number of ether oxygens (including phenoxy) is 2. The van der Waals surface area contributed by atoms with E-state index in [0.717, 1.165) is 12.0 Å². The molecule has 0 unspecified atom stereocenters. The first-order valence-electron chi connectivity index (χ1n) is 6.71. The number of carbonyl (C=O) groups excluding carboxylic acids is 2. The van der Waals surface area contributed by atoms with Crippen LogP contribution in [0.15, 0.2) is 29.8 Å². The molecule has 0 amide bonds. The maximum Gasteiger partial charge on any atom is 0.341 e. The molecule has 0 aliphatic heterocycles.